The Kier molecular flexibility index (Phi) is 4.86. The minimum Gasteiger partial charge on any atom is -0.333 e. The molecule has 1 aliphatic heterocycles. The molecular weight excluding hydrogens is 340 g/mol. The second kappa shape index (κ2) is 7.07. The fraction of sp³-hybridized carbons (Fsp3) is 0.412. The zero-order chi connectivity index (χ0) is 18.0. The normalized spacial score (nSPS) is 16.8. The highest BCUT2D eigenvalue weighted by Gasteiger charge is 2.31. The van der Waals surface area contributed by atoms with E-state index < -0.39 is 11.2 Å². The summed E-state index contributed by atoms with van der Waals surface area (Å²) in [5, 5.41) is 11.1. The van der Waals surface area contributed by atoms with Gasteiger partial charge in [0.1, 0.15) is 18.2 Å². The van der Waals surface area contributed by atoms with Crippen LogP contribution in [0.2, 0.25) is 0 Å². The van der Waals surface area contributed by atoms with Crippen molar-refractivity contribution in [3.05, 3.63) is 55.0 Å². The molecule has 25 heavy (non-hydrogen) atoms. The van der Waals surface area contributed by atoms with Crippen LogP contribution in [0.3, 0.4) is 0 Å². The van der Waals surface area contributed by atoms with Crippen LogP contribution in [0.25, 0.3) is 0 Å². The first kappa shape index (κ1) is 17.2. The highest BCUT2D eigenvalue weighted by molar-refractivity contribution is 7.10. The molecule has 2 aromatic rings. The van der Waals surface area contributed by atoms with E-state index in [4.69, 9.17) is 5.26 Å². The van der Waals surface area contributed by atoms with E-state index in [0.717, 1.165) is 22.3 Å². The van der Waals surface area contributed by atoms with Crippen LogP contribution in [0.4, 0.5) is 0 Å². The van der Waals surface area contributed by atoms with Gasteiger partial charge in [-0.25, -0.2) is 9.36 Å². The highest BCUT2D eigenvalue weighted by atomic mass is 32.1. The Morgan fingerprint density at radius 2 is 2.24 bits per heavy atom. The lowest BCUT2D eigenvalue weighted by Crippen LogP contribution is -2.45. The lowest BCUT2D eigenvalue weighted by molar-refractivity contribution is -0.132. The molecule has 0 aromatic carbocycles. The molecule has 1 fully saturated rings. The maximum absolute atomic E-state index is 12.8. The van der Waals surface area contributed by atoms with Crippen LogP contribution in [-0.2, 0) is 17.9 Å². The molecule has 0 N–H and O–H groups in total. The predicted octanol–water partition coefficient (Wildman–Crippen LogP) is 1.33. The maximum Gasteiger partial charge on any atom is 0.331 e. The van der Waals surface area contributed by atoms with Gasteiger partial charge in [-0.3, -0.25) is 14.2 Å². The number of hydrogen-bond donors (Lipinski definition) is 0. The number of thiophene rings is 1. The Hall–Kier alpha value is -2.66. The summed E-state index contributed by atoms with van der Waals surface area (Å²) in [6, 6.07) is 5.73. The van der Waals surface area contributed by atoms with Gasteiger partial charge in [-0.15, -0.1) is 11.3 Å². The lowest BCUT2D eigenvalue weighted by Gasteiger charge is -2.24. The third-order valence-corrected chi connectivity index (χ3v) is 5.41. The molecule has 8 heteroatoms. The number of nitrogens with zero attached hydrogens (tertiary/aromatic N) is 4. The molecule has 1 aliphatic rings. The molecule has 0 aliphatic carbocycles. The minimum absolute atomic E-state index is 0.00393. The van der Waals surface area contributed by atoms with Gasteiger partial charge in [0.25, 0.3) is 5.56 Å². The van der Waals surface area contributed by atoms with Crippen LogP contribution in [0.15, 0.2) is 33.3 Å². The largest absolute Gasteiger partial charge is 0.333 e. The van der Waals surface area contributed by atoms with Gasteiger partial charge < -0.3 is 4.90 Å². The van der Waals surface area contributed by atoms with Crippen molar-refractivity contribution in [2.75, 3.05) is 6.54 Å². The van der Waals surface area contributed by atoms with Crippen molar-refractivity contribution >= 4 is 17.2 Å². The molecule has 0 radical (unpaired) electrons. The number of hydrogen-bond acceptors (Lipinski definition) is 5. The summed E-state index contributed by atoms with van der Waals surface area (Å²) < 4.78 is 2.14. The highest BCUT2D eigenvalue weighted by Crippen LogP contribution is 2.34. The van der Waals surface area contributed by atoms with E-state index in [0.29, 0.717) is 13.1 Å². The summed E-state index contributed by atoms with van der Waals surface area (Å²) in [5.41, 5.74) is -1.41. The number of amides is 1. The monoisotopic (exact) mass is 358 g/mol. The topological polar surface area (TPSA) is 88.1 Å². The van der Waals surface area contributed by atoms with Gasteiger partial charge in [-0.2, -0.15) is 5.26 Å². The molecule has 0 bridgehead atoms. The van der Waals surface area contributed by atoms with Gasteiger partial charge >= 0.3 is 5.69 Å². The number of aryl methyl sites for hydroxylation is 1. The standard InChI is InChI=1S/C17H18N4O3S/c1-2-19-10-12(9-18)16(23)21(17(19)24)11-15(22)20-7-3-5-13(20)14-6-4-8-25-14/h4,6,8,10,13H,2-3,5,7,11H2,1H3/t13-/m1/s1. The second-order valence-electron chi connectivity index (χ2n) is 5.88. The smallest absolute Gasteiger partial charge is 0.331 e. The van der Waals surface area contributed by atoms with Crippen molar-refractivity contribution in [3.8, 4) is 6.07 Å². The number of rotatable bonds is 4. The van der Waals surface area contributed by atoms with E-state index in [1.165, 1.54) is 10.8 Å². The molecule has 0 unspecified atom stereocenters. The van der Waals surface area contributed by atoms with Crippen molar-refractivity contribution in [1.29, 1.82) is 5.26 Å². The van der Waals surface area contributed by atoms with Crippen molar-refractivity contribution in [1.82, 2.24) is 14.0 Å². The fourth-order valence-electron chi connectivity index (χ4n) is 3.16. The number of likely N-dealkylation sites (tertiary alicyclic amines) is 1. The van der Waals surface area contributed by atoms with Crippen LogP contribution >= 0.6 is 11.3 Å². The number of nitriles is 1. The summed E-state index contributed by atoms with van der Waals surface area (Å²) in [5.74, 6) is -0.271. The number of carbonyl (C=O) groups is 1. The van der Waals surface area contributed by atoms with Crippen molar-refractivity contribution in [3.63, 3.8) is 0 Å². The Labute approximate surface area is 148 Å². The summed E-state index contributed by atoms with van der Waals surface area (Å²) in [6.07, 6.45) is 3.01. The molecular formula is C17H18N4O3S. The Morgan fingerprint density at radius 3 is 2.88 bits per heavy atom. The average Bonchev–Trinajstić information content (AvgIpc) is 3.29. The minimum atomic E-state index is -0.711. The number of aromatic nitrogens is 2. The first-order valence-corrected chi connectivity index (χ1v) is 9.02. The lowest BCUT2D eigenvalue weighted by atomic mass is 10.2. The third-order valence-electron chi connectivity index (χ3n) is 4.44. The Bertz CT molecular complexity index is 936. The molecule has 1 atom stereocenters. The van der Waals surface area contributed by atoms with Gasteiger partial charge in [-0.05, 0) is 31.2 Å². The quantitative estimate of drug-likeness (QED) is 0.825. The predicted molar refractivity (Wildman–Crippen MR) is 93.4 cm³/mol. The number of carbonyl (C=O) groups excluding carboxylic acids is 1. The molecule has 3 heterocycles. The van der Waals surface area contributed by atoms with Gasteiger partial charge in [-0.1, -0.05) is 6.07 Å². The zero-order valence-corrected chi connectivity index (χ0v) is 14.7. The van der Waals surface area contributed by atoms with E-state index in [1.54, 1.807) is 29.2 Å². The molecule has 0 saturated carbocycles. The molecule has 1 amide bonds. The van der Waals surface area contributed by atoms with E-state index in [1.807, 2.05) is 17.5 Å². The van der Waals surface area contributed by atoms with Crippen LogP contribution < -0.4 is 11.2 Å². The summed E-state index contributed by atoms with van der Waals surface area (Å²) in [6.45, 7) is 2.33. The summed E-state index contributed by atoms with van der Waals surface area (Å²) in [4.78, 5) is 40.3. The first-order chi connectivity index (χ1) is 12.1. The molecule has 130 valence electrons. The van der Waals surface area contributed by atoms with E-state index in [-0.39, 0.29) is 24.1 Å². The van der Waals surface area contributed by atoms with Crippen molar-refractivity contribution < 1.29 is 4.79 Å². The molecule has 7 nitrogen and oxygen atoms in total. The molecule has 3 rings (SSSR count). The second-order valence-corrected chi connectivity index (χ2v) is 6.85. The fourth-order valence-corrected chi connectivity index (χ4v) is 4.04. The van der Waals surface area contributed by atoms with E-state index in [9.17, 15) is 14.4 Å². The molecule has 1 saturated heterocycles. The maximum atomic E-state index is 12.8. The Morgan fingerprint density at radius 1 is 1.44 bits per heavy atom. The zero-order valence-electron chi connectivity index (χ0n) is 13.8. The van der Waals surface area contributed by atoms with Gasteiger partial charge in [0, 0.05) is 24.2 Å². The van der Waals surface area contributed by atoms with Gasteiger partial charge in [0.15, 0.2) is 0 Å². The first-order valence-electron chi connectivity index (χ1n) is 8.14. The van der Waals surface area contributed by atoms with Crippen molar-refractivity contribution in [2.45, 2.75) is 38.9 Å². The van der Waals surface area contributed by atoms with E-state index in [2.05, 4.69) is 0 Å². The van der Waals surface area contributed by atoms with Crippen LogP contribution in [0, 0.1) is 11.3 Å². The van der Waals surface area contributed by atoms with Gasteiger partial charge in [0.2, 0.25) is 5.91 Å². The van der Waals surface area contributed by atoms with E-state index >= 15 is 0 Å². The molecule has 0 spiro atoms. The van der Waals surface area contributed by atoms with Crippen molar-refractivity contribution in [2.24, 2.45) is 0 Å². The summed E-state index contributed by atoms with van der Waals surface area (Å²) in [7, 11) is 0. The summed E-state index contributed by atoms with van der Waals surface area (Å²) >= 11 is 1.59. The third kappa shape index (κ3) is 3.15. The SMILES string of the molecule is CCn1cc(C#N)c(=O)n(CC(=O)N2CCC[C@@H]2c2cccs2)c1=O. The van der Waals surface area contributed by atoms with Crippen LogP contribution in [0.1, 0.15) is 36.2 Å². The van der Waals surface area contributed by atoms with Crippen LogP contribution in [0.5, 0.6) is 0 Å². The Balaban J connectivity index is 1.92. The van der Waals surface area contributed by atoms with Crippen LogP contribution in [-0.4, -0.2) is 26.5 Å². The average molecular weight is 358 g/mol. The molecule has 2 aromatic heterocycles. The van der Waals surface area contributed by atoms with Gasteiger partial charge in [0.05, 0.1) is 6.04 Å².